The second-order valence-corrected chi connectivity index (χ2v) is 9.08. The molecular formula is C27H34F4O2. The number of rotatable bonds is 11. The van der Waals surface area contributed by atoms with Crippen LogP contribution in [0.3, 0.4) is 0 Å². The minimum Gasteiger partial charge on any atom is -0.490 e. The van der Waals surface area contributed by atoms with Crippen LogP contribution in [0, 0.1) is 36.1 Å². The summed E-state index contributed by atoms with van der Waals surface area (Å²) in [4.78, 5) is 0. The lowest BCUT2D eigenvalue weighted by atomic mass is 9.79. The molecule has 0 atom stereocenters. The molecule has 0 spiro atoms. The van der Waals surface area contributed by atoms with Gasteiger partial charge in [0.1, 0.15) is 0 Å². The Labute approximate surface area is 194 Å². The number of unbranched alkanes of at least 4 members (excludes halogenated alkanes) is 4. The van der Waals surface area contributed by atoms with Crippen LogP contribution in [-0.4, -0.2) is 13.2 Å². The highest BCUT2D eigenvalue weighted by Gasteiger charge is 2.27. The van der Waals surface area contributed by atoms with Crippen LogP contribution in [0.25, 0.3) is 0 Å². The van der Waals surface area contributed by atoms with Gasteiger partial charge in [0, 0.05) is 0 Å². The van der Waals surface area contributed by atoms with Gasteiger partial charge in [-0.05, 0) is 74.1 Å². The quantitative estimate of drug-likeness (QED) is 0.245. The SMILES string of the molecule is CCCCCCCOc1ccc(C2CCC(COc3ccc(C)c(F)c3F)CC2)c(F)c1F. The van der Waals surface area contributed by atoms with E-state index in [1.54, 1.807) is 6.07 Å². The summed E-state index contributed by atoms with van der Waals surface area (Å²) >= 11 is 0. The summed E-state index contributed by atoms with van der Waals surface area (Å²) < 4.78 is 67.9. The van der Waals surface area contributed by atoms with E-state index in [4.69, 9.17) is 9.47 Å². The van der Waals surface area contributed by atoms with Crippen LogP contribution in [0.5, 0.6) is 11.5 Å². The van der Waals surface area contributed by atoms with Gasteiger partial charge in [-0.1, -0.05) is 44.7 Å². The largest absolute Gasteiger partial charge is 0.490 e. The van der Waals surface area contributed by atoms with Crippen molar-refractivity contribution in [3.05, 3.63) is 58.7 Å². The van der Waals surface area contributed by atoms with Crippen molar-refractivity contribution in [1.29, 1.82) is 0 Å². The van der Waals surface area contributed by atoms with Crippen LogP contribution >= 0.6 is 0 Å². The molecule has 0 aromatic heterocycles. The van der Waals surface area contributed by atoms with Crippen LogP contribution < -0.4 is 9.47 Å². The smallest absolute Gasteiger partial charge is 0.200 e. The number of hydrogen-bond acceptors (Lipinski definition) is 2. The van der Waals surface area contributed by atoms with Gasteiger partial charge in [0.25, 0.3) is 0 Å². The molecule has 1 fully saturated rings. The molecule has 1 aliphatic rings. The highest BCUT2D eigenvalue weighted by Crippen LogP contribution is 2.39. The minimum absolute atomic E-state index is 0.0267. The Morgan fingerprint density at radius 2 is 1.36 bits per heavy atom. The normalized spacial score (nSPS) is 18.4. The van der Waals surface area contributed by atoms with Gasteiger partial charge >= 0.3 is 0 Å². The van der Waals surface area contributed by atoms with Gasteiger partial charge in [0.05, 0.1) is 13.2 Å². The minimum atomic E-state index is -0.968. The van der Waals surface area contributed by atoms with Gasteiger partial charge in [0.2, 0.25) is 11.6 Å². The zero-order valence-electron chi connectivity index (χ0n) is 19.6. The predicted octanol–water partition coefficient (Wildman–Crippen LogP) is 8.25. The summed E-state index contributed by atoms with van der Waals surface area (Å²) in [5.74, 6) is -3.63. The second kappa shape index (κ2) is 12.3. The lowest BCUT2D eigenvalue weighted by Crippen LogP contribution is -2.20. The van der Waals surface area contributed by atoms with E-state index in [0.29, 0.717) is 25.0 Å². The topological polar surface area (TPSA) is 18.5 Å². The molecule has 0 heterocycles. The summed E-state index contributed by atoms with van der Waals surface area (Å²) in [6, 6.07) is 6.09. The Morgan fingerprint density at radius 1 is 0.727 bits per heavy atom. The maximum Gasteiger partial charge on any atom is 0.200 e. The van der Waals surface area contributed by atoms with Gasteiger partial charge in [-0.2, -0.15) is 8.78 Å². The molecule has 33 heavy (non-hydrogen) atoms. The van der Waals surface area contributed by atoms with E-state index < -0.39 is 23.3 Å². The molecule has 0 radical (unpaired) electrons. The zero-order chi connectivity index (χ0) is 23.8. The van der Waals surface area contributed by atoms with Crippen molar-refractivity contribution >= 4 is 0 Å². The zero-order valence-corrected chi connectivity index (χ0v) is 19.6. The highest BCUT2D eigenvalue weighted by molar-refractivity contribution is 5.33. The molecule has 0 saturated heterocycles. The van der Waals surface area contributed by atoms with E-state index in [9.17, 15) is 17.6 Å². The lowest BCUT2D eigenvalue weighted by molar-refractivity contribution is 0.191. The van der Waals surface area contributed by atoms with E-state index in [2.05, 4.69) is 6.92 Å². The molecule has 0 aliphatic heterocycles. The van der Waals surface area contributed by atoms with Crippen molar-refractivity contribution in [3.8, 4) is 11.5 Å². The van der Waals surface area contributed by atoms with Gasteiger partial charge < -0.3 is 9.47 Å². The van der Waals surface area contributed by atoms with Crippen LogP contribution in [-0.2, 0) is 0 Å². The Morgan fingerprint density at radius 3 is 2.09 bits per heavy atom. The van der Waals surface area contributed by atoms with Crippen LogP contribution in [0.15, 0.2) is 24.3 Å². The molecule has 1 aliphatic carbocycles. The Balaban J connectivity index is 1.49. The first-order valence-corrected chi connectivity index (χ1v) is 12.1. The van der Waals surface area contributed by atoms with E-state index in [0.717, 1.165) is 38.5 Å². The van der Waals surface area contributed by atoms with Crippen molar-refractivity contribution in [3.63, 3.8) is 0 Å². The molecule has 2 aromatic rings. The number of halogens is 4. The Kier molecular flexibility index (Phi) is 9.45. The Bertz CT molecular complexity index is 907. The first-order valence-electron chi connectivity index (χ1n) is 12.1. The van der Waals surface area contributed by atoms with Crippen molar-refractivity contribution in [2.24, 2.45) is 5.92 Å². The number of ether oxygens (including phenoxy) is 2. The third-order valence-electron chi connectivity index (χ3n) is 6.58. The Hall–Kier alpha value is -2.24. The average Bonchev–Trinajstić information content (AvgIpc) is 2.82. The van der Waals surface area contributed by atoms with Crippen LogP contribution in [0.2, 0.25) is 0 Å². The second-order valence-electron chi connectivity index (χ2n) is 9.08. The van der Waals surface area contributed by atoms with Crippen molar-refractivity contribution in [1.82, 2.24) is 0 Å². The number of benzene rings is 2. The summed E-state index contributed by atoms with van der Waals surface area (Å²) in [6.45, 7) is 4.30. The van der Waals surface area contributed by atoms with Gasteiger partial charge in [0.15, 0.2) is 23.1 Å². The first kappa shape index (κ1) is 25.4. The molecule has 2 nitrogen and oxygen atoms in total. The van der Waals surface area contributed by atoms with E-state index >= 15 is 0 Å². The maximum atomic E-state index is 14.7. The fourth-order valence-electron chi connectivity index (χ4n) is 4.45. The van der Waals surface area contributed by atoms with Crippen molar-refractivity contribution in [2.75, 3.05) is 13.2 Å². The molecule has 6 heteroatoms. The highest BCUT2D eigenvalue weighted by atomic mass is 19.2. The molecule has 0 N–H and O–H groups in total. The van der Waals surface area contributed by atoms with Gasteiger partial charge in [-0.15, -0.1) is 0 Å². The predicted molar refractivity (Wildman–Crippen MR) is 122 cm³/mol. The fourth-order valence-corrected chi connectivity index (χ4v) is 4.45. The first-order chi connectivity index (χ1) is 15.9. The molecule has 0 unspecified atom stereocenters. The van der Waals surface area contributed by atoms with Crippen molar-refractivity contribution < 1.29 is 27.0 Å². The lowest BCUT2D eigenvalue weighted by Gasteiger charge is -2.29. The van der Waals surface area contributed by atoms with E-state index in [1.807, 2.05) is 0 Å². The van der Waals surface area contributed by atoms with Crippen LogP contribution in [0.1, 0.15) is 81.8 Å². The molecular weight excluding hydrogens is 432 g/mol. The van der Waals surface area contributed by atoms with E-state index in [-0.39, 0.29) is 35.5 Å². The van der Waals surface area contributed by atoms with Crippen LogP contribution in [0.4, 0.5) is 17.6 Å². The number of hydrogen-bond donors (Lipinski definition) is 0. The summed E-state index contributed by atoms with van der Waals surface area (Å²) in [6.07, 6.45) is 8.17. The summed E-state index contributed by atoms with van der Waals surface area (Å²) in [7, 11) is 0. The van der Waals surface area contributed by atoms with Crippen molar-refractivity contribution in [2.45, 2.75) is 77.6 Å². The van der Waals surface area contributed by atoms with Gasteiger partial charge in [-0.25, -0.2) is 8.78 Å². The summed E-state index contributed by atoms with van der Waals surface area (Å²) in [5, 5.41) is 0. The average molecular weight is 467 g/mol. The molecule has 182 valence electrons. The monoisotopic (exact) mass is 466 g/mol. The van der Waals surface area contributed by atoms with Gasteiger partial charge in [-0.3, -0.25) is 0 Å². The molecule has 3 rings (SSSR count). The summed E-state index contributed by atoms with van der Waals surface area (Å²) in [5.41, 5.74) is 0.617. The molecule has 2 aromatic carbocycles. The maximum absolute atomic E-state index is 14.7. The molecule has 0 bridgehead atoms. The third kappa shape index (κ3) is 6.64. The molecule has 0 amide bonds. The standard InChI is InChI=1S/C27H34F4O2/c1-3-4-5-6-7-16-32-22-15-13-21(25(29)27(22)31)20-11-9-19(10-12-20)17-33-23-14-8-18(2)24(28)26(23)30/h8,13-15,19-20H,3-7,9-12,16-17H2,1-2H3. The number of aryl methyl sites for hydroxylation is 1. The third-order valence-corrected chi connectivity index (χ3v) is 6.58. The molecule has 1 saturated carbocycles. The fraction of sp³-hybridized carbons (Fsp3) is 0.556. The van der Waals surface area contributed by atoms with E-state index in [1.165, 1.54) is 31.5 Å².